The summed E-state index contributed by atoms with van der Waals surface area (Å²) < 4.78 is 7.62. The average Bonchev–Trinajstić information content (AvgIpc) is 2.99. The molecule has 1 saturated heterocycles. The maximum absolute atomic E-state index is 5.44. The number of nitrogens with zero attached hydrogens (tertiary/aromatic N) is 5. The standard InChI is InChI=1S/C17H25N5O/c1-14-10-20-15(11-19-14)12-22-5-4-18-16(22)17(2,3)13-21-6-8-23-9-7-21/h4-5,10-11H,6-9,12-13H2,1-3H3. The van der Waals surface area contributed by atoms with Gasteiger partial charge in [-0.15, -0.1) is 0 Å². The molecule has 0 bridgehead atoms. The molecule has 0 aliphatic carbocycles. The van der Waals surface area contributed by atoms with E-state index in [4.69, 9.17) is 4.74 Å². The molecule has 0 aromatic carbocycles. The first-order chi connectivity index (χ1) is 11.0. The normalized spacial score (nSPS) is 16.7. The van der Waals surface area contributed by atoms with E-state index in [0.29, 0.717) is 6.54 Å². The van der Waals surface area contributed by atoms with Crippen LogP contribution in [0.5, 0.6) is 0 Å². The van der Waals surface area contributed by atoms with Crippen molar-refractivity contribution in [3.63, 3.8) is 0 Å². The van der Waals surface area contributed by atoms with Crippen LogP contribution >= 0.6 is 0 Å². The molecule has 0 unspecified atom stereocenters. The topological polar surface area (TPSA) is 56.1 Å². The molecule has 0 amide bonds. The summed E-state index contributed by atoms with van der Waals surface area (Å²) in [7, 11) is 0. The molecule has 6 nitrogen and oxygen atoms in total. The molecule has 6 heteroatoms. The molecule has 1 aliphatic heterocycles. The first-order valence-corrected chi connectivity index (χ1v) is 8.14. The summed E-state index contributed by atoms with van der Waals surface area (Å²) in [5.41, 5.74) is 1.86. The lowest BCUT2D eigenvalue weighted by molar-refractivity contribution is 0.0287. The lowest BCUT2D eigenvalue weighted by atomic mass is 9.91. The van der Waals surface area contributed by atoms with Crippen LogP contribution in [0.15, 0.2) is 24.8 Å². The minimum Gasteiger partial charge on any atom is -0.379 e. The Labute approximate surface area is 137 Å². The molecule has 3 rings (SSSR count). The third-order valence-electron chi connectivity index (χ3n) is 4.21. The van der Waals surface area contributed by atoms with Crippen molar-refractivity contribution in [2.24, 2.45) is 0 Å². The first kappa shape index (κ1) is 16.1. The molecule has 1 fully saturated rings. The van der Waals surface area contributed by atoms with Gasteiger partial charge in [0.05, 0.1) is 37.3 Å². The van der Waals surface area contributed by atoms with Crippen LogP contribution < -0.4 is 0 Å². The third-order valence-corrected chi connectivity index (χ3v) is 4.21. The fourth-order valence-electron chi connectivity index (χ4n) is 3.08. The molecule has 0 radical (unpaired) electrons. The van der Waals surface area contributed by atoms with Gasteiger partial charge in [0.1, 0.15) is 5.82 Å². The molecule has 0 spiro atoms. The molecule has 0 N–H and O–H groups in total. The van der Waals surface area contributed by atoms with Crippen molar-refractivity contribution >= 4 is 0 Å². The Hall–Kier alpha value is -1.79. The number of ether oxygens (including phenoxy) is 1. The zero-order chi connectivity index (χ0) is 16.3. The molecular weight excluding hydrogens is 290 g/mol. The molecule has 2 aromatic heterocycles. The summed E-state index contributed by atoms with van der Waals surface area (Å²) in [5.74, 6) is 1.09. The number of hydrogen-bond donors (Lipinski definition) is 0. The fraction of sp³-hybridized carbons (Fsp3) is 0.588. The van der Waals surface area contributed by atoms with Crippen LogP contribution in [0.4, 0.5) is 0 Å². The highest BCUT2D eigenvalue weighted by Gasteiger charge is 2.29. The van der Waals surface area contributed by atoms with Crippen LogP contribution in [-0.2, 0) is 16.7 Å². The highest BCUT2D eigenvalue weighted by atomic mass is 16.5. The van der Waals surface area contributed by atoms with Gasteiger partial charge < -0.3 is 9.30 Å². The summed E-state index contributed by atoms with van der Waals surface area (Å²) in [6.45, 7) is 11.8. The molecule has 1 aliphatic rings. The smallest absolute Gasteiger partial charge is 0.115 e. The van der Waals surface area contributed by atoms with Crippen molar-refractivity contribution in [2.45, 2.75) is 32.7 Å². The Morgan fingerprint density at radius 2 is 1.91 bits per heavy atom. The van der Waals surface area contributed by atoms with E-state index in [1.54, 1.807) is 0 Å². The van der Waals surface area contributed by atoms with Gasteiger partial charge in [-0.2, -0.15) is 0 Å². The van der Waals surface area contributed by atoms with Gasteiger partial charge in [-0.3, -0.25) is 14.9 Å². The van der Waals surface area contributed by atoms with E-state index in [1.807, 2.05) is 31.7 Å². The summed E-state index contributed by atoms with van der Waals surface area (Å²) in [6, 6.07) is 0. The molecule has 0 atom stereocenters. The van der Waals surface area contributed by atoms with Crippen LogP contribution in [0.1, 0.15) is 31.1 Å². The fourth-order valence-corrected chi connectivity index (χ4v) is 3.08. The van der Waals surface area contributed by atoms with E-state index >= 15 is 0 Å². The van der Waals surface area contributed by atoms with Gasteiger partial charge in [-0.25, -0.2) is 4.98 Å². The van der Waals surface area contributed by atoms with E-state index in [0.717, 1.165) is 50.1 Å². The zero-order valence-corrected chi connectivity index (χ0v) is 14.2. The number of aromatic nitrogens is 4. The van der Waals surface area contributed by atoms with Crippen molar-refractivity contribution in [2.75, 3.05) is 32.8 Å². The lowest BCUT2D eigenvalue weighted by Crippen LogP contribution is -2.44. The second-order valence-corrected chi connectivity index (χ2v) is 6.80. The molecular formula is C17H25N5O. The predicted octanol–water partition coefficient (Wildman–Crippen LogP) is 1.64. The highest BCUT2D eigenvalue weighted by molar-refractivity contribution is 5.11. The van der Waals surface area contributed by atoms with Crippen molar-refractivity contribution < 1.29 is 4.74 Å². The minimum absolute atomic E-state index is 0.0288. The minimum atomic E-state index is -0.0288. The molecule has 23 heavy (non-hydrogen) atoms. The van der Waals surface area contributed by atoms with Crippen LogP contribution in [0, 0.1) is 6.92 Å². The SMILES string of the molecule is Cc1cnc(Cn2ccnc2C(C)(C)CN2CCOCC2)cn1. The van der Waals surface area contributed by atoms with Crippen LogP contribution in [0.3, 0.4) is 0 Å². The Kier molecular flexibility index (Phi) is 4.73. The van der Waals surface area contributed by atoms with Gasteiger partial charge in [0, 0.05) is 43.6 Å². The molecule has 124 valence electrons. The van der Waals surface area contributed by atoms with Gasteiger partial charge in [-0.1, -0.05) is 13.8 Å². The largest absolute Gasteiger partial charge is 0.379 e. The zero-order valence-electron chi connectivity index (χ0n) is 14.2. The van der Waals surface area contributed by atoms with Crippen molar-refractivity contribution in [1.82, 2.24) is 24.4 Å². The van der Waals surface area contributed by atoms with Gasteiger partial charge in [0.25, 0.3) is 0 Å². The lowest BCUT2D eigenvalue weighted by Gasteiger charge is -2.34. The number of rotatable bonds is 5. The summed E-state index contributed by atoms with van der Waals surface area (Å²) in [4.78, 5) is 15.9. The predicted molar refractivity (Wildman–Crippen MR) is 88.4 cm³/mol. The average molecular weight is 315 g/mol. The second-order valence-electron chi connectivity index (χ2n) is 6.80. The highest BCUT2D eigenvalue weighted by Crippen LogP contribution is 2.24. The second kappa shape index (κ2) is 6.76. The van der Waals surface area contributed by atoms with E-state index in [2.05, 4.69) is 38.3 Å². The van der Waals surface area contributed by atoms with E-state index in [-0.39, 0.29) is 5.41 Å². The monoisotopic (exact) mass is 315 g/mol. The Morgan fingerprint density at radius 1 is 1.13 bits per heavy atom. The van der Waals surface area contributed by atoms with Crippen LogP contribution in [0.2, 0.25) is 0 Å². The van der Waals surface area contributed by atoms with Crippen molar-refractivity contribution in [1.29, 1.82) is 0 Å². The first-order valence-electron chi connectivity index (χ1n) is 8.14. The summed E-state index contributed by atoms with van der Waals surface area (Å²) >= 11 is 0. The Bertz CT molecular complexity index is 629. The van der Waals surface area contributed by atoms with Gasteiger partial charge in [0.2, 0.25) is 0 Å². The van der Waals surface area contributed by atoms with Gasteiger partial charge >= 0.3 is 0 Å². The third kappa shape index (κ3) is 3.95. The quantitative estimate of drug-likeness (QED) is 0.839. The molecule has 3 heterocycles. The number of aryl methyl sites for hydroxylation is 1. The van der Waals surface area contributed by atoms with Crippen LogP contribution in [-0.4, -0.2) is 57.3 Å². The van der Waals surface area contributed by atoms with Gasteiger partial charge in [0.15, 0.2) is 0 Å². The Morgan fingerprint density at radius 3 is 2.61 bits per heavy atom. The van der Waals surface area contributed by atoms with E-state index in [1.165, 1.54) is 0 Å². The molecule has 0 saturated carbocycles. The molecule has 2 aromatic rings. The maximum Gasteiger partial charge on any atom is 0.115 e. The van der Waals surface area contributed by atoms with E-state index in [9.17, 15) is 0 Å². The van der Waals surface area contributed by atoms with Crippen molar-refractivity contribution in [3.05, 3.63) is 42.0 Å². The number of imidazole rings is 1. The van der Waals surface area contributed by atoms with Gasteiger partial charge in [-0.05, 0) is 6.92 Å². The maximum atomic E-state index is 5.44. The van der Waals surface area contributed by atoms with Crippen LogP contribution in [0.25, 0.3) is 0 Å². The number of morpholine rings is 1. The summed E-state index contributed by atoms with van der Waals surface area (Å²) in [5, 5.41) is 0. The number of hydrogen-bond acceptors (Lipinski definition) is 5. The van der Waals surface area contributed by atoms with E-state index < -0.39 is 0 Å². The van der Waals surface area contributed by atoms with Crippen molar-refractivity contribution in [3.8, 4) is 0 Å². The Balaban J connectivity index is 1.74. The summed E-state index contributed by atoms with van der Waals surface area (Å²) in [6.07, 6.45) is 7.55.